The lowest BCUT2D eigenvalue weighted by Crippen LogP contribution is -2.16. The maximum atomic E-state index is 2.37. The number of rotatable bonds is 1. The van der Waals surface area contributed by atoms with Crippen LogP contribution in [0.4, 0.5) is 0 Å². The molecule has 21 heavy (non-hydrogen) atoms. The van der Waals surface area contributed by atoms with Gasteiger partial charge in [-0.25, -0.2) is 0 Å². The molecule has 0 spiro atoms. The third-order valence-electron chi connectivity index (χ3n) is 3.84. The highest BCUT2D eigenvalue weighted by Crippen LogP contribution is 2.34. The maximum Gasteiger partial charge on any atom is 0.0130 e. The summed E-state index contributed by atoms with van der Waals surface area (Å²) in [4.78, 5) is 0. The molecule has 2 aromatic carbocycles. The second-order valence-electron chi connectivity index (χ2n) is 7.81. The number of hydrogen-bond donors (Lipinski definition) is 0. The Balaban J connectivity index is 2.63. The molecule has 2 rings (SSSR count). The van der Waals surface area contributed by atoms with Gasteiger partial charge in [0, 0.05) is 3.57 Å². The van der Waals surface area contributed by atoms with Crippen LogP contribution in [-0.4, -0.2) is 0 Å². The quantitative estimate of drug-likeness (QED) is 0.483. The molecule has 0 heterocycles. The fourth-order valence-electron chi connectivity index (χ4n) is 2.30. The average Bonchev–Trinajstić information content (AvgIpc) is 2.37. The second kappa shape index (κ2) is 5.75. The van der Waals surface area contributed by atoms with Gasteiger partial charge in [0.2, 0.25) is 0 Å². The Hall–Kier alpha value is -0.830. The van der Waals surface area contributed by atoms with E-state index in [-0.39, 0.29) is 10.8 Å². The van der Waals surface area contributed by atoms with E-state index in [1.54, 1.807) is 0 Å². The SMILES string of the molecule is CC(C)(C)c1cc(-c2ccc(I)cc2)cc(C(C)(C)C)c1. The molecule has 0 aromatic heterocycles. The molecule has 0 bridgehead atoms. The highest BCUT2D eigenvalue weighted by molar-refractivity contribution is 14.1. The molecule has 0 nitrogen and oxygen atoms in total. The van der Waals surface area contributed by atoms with Crippen molar-refractivity contribution in [2.45, 2.75) is 52.4 Å². The van der Waals surface area contributed by atoms with Crippen molar-refractivity contribution in [3.05, 3.63) is 57.2 Å². The topological polar surface area (TPSA) is 0 Å². The Kier molecular flexibility index (Phi) is 4.53. The first-order chi connectivity index (χ1) is 9.57. The van der Waals surface area contributed by atoms with Crippen LogP contribution in [0.2, 0.25) is 0 Å². The molecular weight excluding hydrogens is 367 g/mol. The lowest BCUT2D eigenvalue weighted by molar-refractivity contribution is 0.569. The van der Waals surface area contributed by atoms with Gasteiger partial charge in [0.1, 0.15) is 0 Å². The maximum absolute atomic E-state index is 2.37. The van der Waals surface area contributed by atoms with Crippen LogP contribution in [0.15, 0.2) is 42.5 Å². The zero-order valence-electron chi connectivity index (χ0n) is 13.9. The molecule has 0 fully saturated rings. The third kappa shape index (κ3) is 4.09. The minimum absolute atomic E-state index is 0.166. The van der Waals surface area contributed by atoms with E-state index in [2.05, 4.69) is 107 Å². The van der Waals surface area contributed by atoms with Gasteiger partial charge in [-0.1, -0.05) is 71.9 Å². The molecule has 0 aliphatic rings. The van der Waals surface area contributed by atoms with E-state index in [4.69, 9.17) is 0 Å². The zero-order chi connectivity index (χ0) is 15.8. The zero-order valence-corrected chi connectivity index (χ0v) is 16.1. The fraction of sp³-hybridized carbons (Fsp3) is 0.400. The second-order valence-corrected chi connectivity index (χ2v) is 9.05. The Morgan fingerprint density at radius 1 is 0.619 bits per heavy atom. The molecule has 1 heteroatoms. The van der Waals surface area contributed by atoms with E-state index < -0.39 is 0 Å². The smallest absolute Gasteiger partial charge is 0.0130 e. The predicted molar refractivity (Wildman–Crippen MR) is 102 cm³/mol. The van der Waals surface area contributed by atoms with Gasteiger partial charge in [0.05, 0.1) is 0 Å². The van der Waals surface area contributed by atoms with E-state index in [0.29, 0.717) is 0 Å². The fourth-order valence-corrected chi connectivity index (χ4v) is 2.66. The Labute approximate surface area is 143 Å². The summed E-state index contributed by atoms with van der Waals surface area (Å²) < 4.78 is 1.28. The van der Waals surface area contributed by atoms with Crippen LogP contribution < -0.4 is 0 Å². The van der Waals surface area contributed by atoms with Crippen molar-refractivity contribution in [1.29, 1.82) is 0 Å². The molecule has 2 aromatic rings. The number of hydrogen-bond acceptors (Lipinski definition) is 0. The van der Waals surface area contributed by atoms with E-state index in [9.17, 15) is 0 Å². The molecule has 112 valence electrons. The van der Waals surface area contributed by atoms with Crippen LogP contribution in [0.1, 0.15) is 52.7 Å². The summed E-state index contributed by atoms with van der Waals surface area (Å²) in [5, 5.41) is 0. The Bertz CT molecular complexity index is 590. The van der Waals surface area contributed by atoms with Crippen molar-refractivity contribution in [1.82, 2.24) is 0 Å². The summed E-state index contributed by atoms with van der Waals surface area (Å²) in [5.74, 6) is 0. The molecule has 0 aliphatic heterocycles. The summed E-state index contributed by atoms with van der Waals surface area (Å²) in [7, 11) is 0. The highest BCUT2D eigenvalue weighted by atomic mass is 127. The number of halogens is 1. The molecule has 0 N–H and O–H groups in total. The molecular formula is C20H25I. The van der Waals surface area contributed by atoms with Crippen molar-refractivity contribution in [3.63, 3.8) is 0 Å². The predicted octanol–water partition coefficient (Wildman–Crippen LogP) is 6.55. The monoisotopic (exact) mass is 392 g/mol. The van der Waals surface area contributed by atoms with Gasteiger partial charge in [-0.15, -0.1) is 0 Å². The standard InChI is InChI=1S/C20H25I/c1-19(2,3)16-11-15(12-17(13-16)20(4,5)6)14-7-9-18(21)10-8-14/h7-13H,1-6H3. The van der Waals surface area contributed by atoms with Crippen molar-refractivity contribution < 1.29 is 0 Å². The lowest BCUT2D eigenvalue weighted by Gasteiger charge is -2.26. The van der Waals surface area contributed by atoms with E-state index in [1.165, 1.54) is 25.8 Å². The molecule has 0 amide bonds. The van der Waals surface area contributed by atoms with Crippen LogP contribution >= 0.6 is 22.6 Å². The summed E-state index contributed by atoms with van der Waals surface area (Å²) in [6.45, 7) is 13.7. The lowest BCUT2D eigenvalue weighted by atomic mass is 9.79. The van der Waals surface area contributed by atoms with Crippen LogP contribution in [-0.2, 0) is 10.8 Å². The first-order valence-corrected chi connectivity index (χ1v) is 8.57. The Morgan fingerprint density at radius 2 is 1.05 bits per heavy atom. The summed E-state index contributed by atoms with van der Waals surface area (Å²) in [6, 6.07) is 15.9. The van der Waals surface area contributed by atoms with Gasteiger partial charge in [-0.2, -0.15) is 0 Å². The van der Waals surface area contributed by atoms with Gasteiger partial charge in [0.15, 0.2) is 0 Å². The highest BCUT2D eigenvalue weighted by Gasteiger charge is 2.20. The largest absolute Gasteiger partial charge is 0.0561 e. The normalized spacial score (nSPS) is 12.5. The van der Waals surface area contributed by atoms with Crippen molar-refractivity contribution in [2.75, 3.05) is 0 Å². The number of benzene rings is 2. The third-order valence-corrected chi connectivity index (χ3v) is 4.56. The molecule has 0 saturated carbocycles. The van der Waals surface area contributed by atoms with Gasteiger partial charge in [-0.3, -0.25) is 0 Å². The molecule has 0 atom stereocenters. The molecule has 0 radical (unpaired) electrons. The minimum atomic E-state index is 0.166. The minimum Gasteiger partial charge on any atom is -0.0561 e. The van der Waals surface area contributed by atoms with Crippen LogP contribution in [0, 0.1) is 3.57 Å². The Morgan fingerprint density at radius 3 is 1.43 bits per heavy atom. The van der Waals surface area contributed by atoms with E-state index in [0.717, 1.165) is 0 Å². The van der Waals surface area contributed by atoms with Crippen LogP contribution in [0.25, 0.3) is 11.1 Å². The van der Waals surface area contributed by atoms with E-state index in [1.807, 2.05) is 0 Å². The van der Waals surface area contributed by atoms with Gasteiger partial charge >= 0.3 is 0 Å². The van der Waals surface area contributed by atoms with Crippen LogP contribution in [0.5, 0.6) is 0 Å². The van der Waals surface area contributed by atoms with Gasteiger partial charge in [-0.05, 0) is 67.8 Å². The first-order valence-electron chi connectivity index (χ1n) is 7.49. The van der Waals surface area contributed by atoms with Crippen LogP contribution in [0.3, 0.4) is 0 Å². The molecule has 0 unspecified atom stereocenters. The molecule has 0 aliphatic carbocycles. The summed E-state index contributed by atoms with van der Waals surface area (Å²) in [5.41, 5.74) is 5.76. The van der Waals surface area contributed by atoms with Crippen molar-refractivity contribution in [2.24, 2.45) is 0 Å². The first kappa shape index (κ1) is 16.5. The van der Waals surface area contributed by atoms with Gasteiger partial charge in [0.25, 0.3) is 0 Å². The van der Waals surface area contributed by atoms with Gasteiger partial charge < -0.3 is 0 Å². The summed E-state index contributed by atoms with van der Waals surface area (Å²) >= 11 is 2.35. The van der Waals surface area contributed by atoms with Crippen molar-refractivity contribution >= 4 is 22.6 Å². The molecule has 0 saturated heterocycles. The average molecular weight is 392 g/mol. The van der Waals surface area contributed by atoms with Crippen molar-refractivity contribution in [3.8, 4) is 11.1 Å². The summed E-state index contributed by atoms with van der Waals surface area (Å²) in [6.07, 6.45) is 0. The van der Waals surface area contributed by atoms with E-state index >= 15 is 0 Å².